The zero-order valence-electron chi connectivity index (χ0n) is 15.8. The van der Waals surface area contributed by atoms with E-state index in [1.54, 1.807) is 13.0 Å². The molecule has 0 saturated heterocycles. The molecule has 28 heavy (non-hydrogen) atoms. The van der Waals surface area contributed by atoms with Crippen LogP contribution in [0.25, 0.3) is 0 Å². The Morgan fingerprint density at radius 2 is 1.86 bits per heavy atom. The van der Waals surface area contributed by atoms with E-state index in [4.69, 9.17) is 9.47 Å². The number of hydrogen-bond acceptors (Lipinski definition) is 7. The van der Waals surface area contributed by atoms with Crippen LogP contribution in [0, 0.1) is 10.1 Å². The Labute approximate surface area is 162 Å². The largest absolute Gasteiger partial charge is 0.495 e. The van der Waals surface area contributed by atoms with Crippen LogP contribution in [-0.4, -0.2) is 44.8 Å². The third-order valence-corrected chi connectivity index (χ3v) is 5.83. The van der Waals surface area contributed by atoms with Crippen molar-refractivity contribution in [3.05, 3.63) is 63.7 Å². The van der Waals surface area contributed by atoms with E-state index in [1.165, 1.54) is 57.6 Å². The molecule has 0 aliphatic carbocycles. The van der Waals surface area contributed by atoms with Crippen LogP contribution in [0.1, 0.15) is 28.9 Å². The van der Waals surface area contributed by atoms with E-state index in [1.807, 2.05) is 0 Å². The molecule has 2 aromatic carbocycles. The summed E-state index contributed by atoms with van der Waals surface area (Å²) in [6.45, 7) is 1.57. The second kappa shape index (κ2) is 8.36. The maximum absolute atomic E-state index is 12.5. The number of esters is 1. The van der Waals surface area contributed by atoms with Gasteiger partial charge in [0.25, 0.3) is 5.69 Å². The molecule has 0 heterocycles. The number of nitrogens with zero attached hydrogens (tertiary/aromatic N) is 2. The van der Waals surface area contributed by atoms with Gasteiger partial charge in [-0.05, 0) is 30.7 Å². The third kappa shape index (κ3) is 4.46. The lowest BCUT2D eigenvalue weighted by molar-refractivity contribution is -0.385. The number of carbonyl (C=O) groups excluding carboxylic acids is 1. The number of nitro groups is 1. The molecule has 0 saturated carbocycles. The molecule has 1 unspecified atom stereocenters. The maximum atomic E-state index is 12.5. The number of sulfonamides is 1. The second-order valence-corrected chi connectivity index (χ2v) is 8.17. The molecule has 0 radical (unpaired) electrons. The van der Waals surface area contributed by atoms with Gasteiger partial charge in [0, 0.05) is 26.2 Å². The molecule has 9 nitrogen and oxygen atoms in total. The average molecular weight is 408 g/mol. The van der Waals surface area contributed by atoms with Crippen LogP contribution in [0.4, 0.5) is 5.69 Å². The molecule has 0 fully saturated rings. The average Bonchev–Trinajstić information content (AvgIpc) is 2.67. The highest BCUT2D eigenvalue weighted by Crippen LogP contribution is 2.28. The minimum absolute atomic E-state index is 0.0125. The van der Waals surface area contributed by atoms with Gasteiger partial charge in [0.1, 0.15) is 16.7 Å². The van der Waals surface area contributed by atoms with Crippen molar-refractivity contribution < 1.29 is 27.6 Å². The van der Waals surface area contributed by atoms with Crippen LogP contribution in [0.5, 0.6) is 5.75 Å². The SMILES string of the molecule is COc1ccc(C(=O)OC(C)c2cccc([N+](=O)[O-])c2)cc1S(=O)(=O)N(C)C. The zero-order valence-corrected chi connectivity index (χ0v) is 16.6. The lowest BCUT2D eigenvalue weighted by atomic mass is 10.1. The summed E-state index contributed by atoms with van der Waals surface area (Å²) in [7, 11) is 0.210. The molecule has 2 rings (SSSR count). The van der Waals surface area contributed by atoms with Gasteiger partial charge in [-0.1, -0.05) is 12.1 Å². The molecule has 2 aromatic rings. The van der Waals surface area contributed by atoms with Crippen LogP contribution in [0.3, 0.4) is 0 Å². The number of ether oxygens (including phenoxy) is 2. The van der Waals surface area contributed by atoms with E-state index in [2.05, 4.69) is 0 Å². The monoisotopic (exact) mass is 408 g/mol. The Bertz CT molecular complexity index is 1000. The number of non-ortho nitro benzene ring substituents is 1. The van der Waals surface area contributed by atoms with Crippen molar-refractivity contribution in [3.8, 4) is 5.75 Å². The highest BCUT2D eigenvalue weighted by atomic mass is 32.2. The van der Waals surface area contributed by atoms with E-state index in [9.17, 15) is 23.3 Å². The summed E-state index contributed by atoms with van der Waals surface area (Å²) in [6, 6.07) is 9.67. The van der Waals surface area contributed by atoms with E-state index in [0.717, 1.165) is 4.31 Å². The number of rotatable bonds is 7. The zero-order chi connectivity index (χ0) is 21.1. The molecule has 0 aliphatic heterocycles. The first-order chi connectivity index (χ1) is 13.1. The first-order valence-corrected chi connectivity index (χ1v) is 9.58. The van der Waals surface area contributed by atoms with Gasteiger partial charge in [-0.2, -0.15) is 0 Å². The highest BCUT2D eigenvalue weighted by molar-refractivity contribution is 7.89. The first-order valence-electron chi connectivity index (χ1n) is 8.13. The van der Waals surface area contributed by atoms with Gasteiger partial charge < -0.3 is 9.47 Å². The topological polar surface area (TPSA) is 116 Å². The van der Waals surface area contributed by atoms with Gasteiger partial charge in [-0.3, -0.25) is 10.1 Å². The molecule has 0 N–H and O–H groups in total. The summed E-state index contributed by atoms with van der Waals surface area (Å²) in [5.41, 5.74) is 0.333. The Hall–Kier alpha value is -2.98. The fourth-order valence-corrected chi connectivity index (χ4v) is 3.46. The fraction of sp³-hybridized carbons (Fsp3) is 0.278. The number of benzene rings is 2. The van der Waals surface area contributed by atoms with Crippen LogP contribution in [0.2, 0.25) is 0 Å². The van der Waals surface area contributed by atoms with Gasteiger partial charge in [0.05, 0.1) is 17.6 Å². The molecule has 0 aliphatic rings. The minimum Gasteiger partial charge on any atom is -0.495 e. The smallest absolute Gasteiger partial charge is 0.338 e. The Morgan fingerprint density at radius 3 is 2.43 bits per heavy atom. The van der Waals surface area contributed by atoms with Crippen LogP contribution in [-0.2, 0) is 14.8 Å². The predicted molar refractivity (Wildman–Crippen MR) is 101 cm³/mol. The van der Waals surface area contributed by atoms with Gasteiger partial charge in [-0.15, -0.1) is 0 Å². The molecular formula is C18H20N2O7S. The quantitative estimate of drug-likeness (QED) is 0.393. The summed E-state index contributed by atoms with van der Waals surface area (Å²) in [5.74, 6) is -0.672. The van der Waals surface area contributed by atoms with Gasteiger partial charge in [0.15, 0.2) is 0 Å². The van der Waals surface area contributed by atoms with Crippen molar-refractivity contribution in [2.24, 2.45) is 0 Å². The van der Waals surface area contributed by atoms with Crippen molar-refractivity contribution in [1.29, 1.82) is 0 Å². The van der Waals surface area contributed by atoms with Gasteiger partial charge in [0.2, 0.25) is 10.0 Å². The molecule has 0 spiro atoms. The Balaban J connectivity index is 2.32. The van der Waals surface area contributed by atoms with Crippen molar-refractivity contribution >= 4 is 21.7 Å². The molecule has 0 aromatic heterocycles. The molecular weight excluding hydrogens is 388 g/mol. The standard InChI is InChI=1S/C18H20N2O7S/c1-12(13-6-5-7-15(10-13)20(22)23)27-18(21)14-8-9-16(26-4)17(11-14)28(24,25)19(2)3/h5-12H,1-4H3. The van der Waals surface area contributed by atoms with Crippen molar-refractivity contribution in [2.45, 2.75) is 17.9 Å². The van der Waals surface area contributed by atoms with Gasteiger partial charge in [-0.25, -0.2) is 17.5 Å². The summed E-state index contributed by atoms with van der Waals surface area (Å²) in [4.78, 5) is 22.7. The minimum atomic E-state index is -3.85. The van der Waals surface area contributed by atoms with E-state index in [0.29, 0.717) is 5.56 Å². The predicted octanol–water partition coefficient (Wildman–Crippen LogP) is 2.77. The summed E-state index contributed by atoms with van der Waals surface area (Å²) >= 11 is 0. The Kier molecular flexibility index (Phi) is 6.37. The summed E-state index contributed by atoms with van der Waals surface area (Å²) in [5, 5.41) is 10.9. The lowest BCUT2D eigenvalue weighted by Gasteiger charge is -2.17. The van der Waals surface area contributed by atoms with Crippen LogP contribution < -0.4 is 4.74 Å². The highest BCUT2D eigenvalue weighted by Gasteiger charge is 2.25. The van der Waals surface area contributed by atoms with E-state index in [-0.39, 0.29) is 21.9 Å². The normalized spacial score (nSPS) is 12.5. The summed E-state index contributed by atoms with van der Waals surface area (Å²) < 4.78 is 36.4. The third-order valence-electron chi connectivity index (χ3n) is 3.99. The molecule has 1 atom stereocenters. The fourth-order valence-electron chi connectivity index (χ4n) is 2.39. The van der Waals surface area contributed by atoms with Crippen LogP contribution in [0.15, 0.2) is 47.4 Å². The van der Waals surface area contributed by atoms with Crippen LogP contribution >= 0.6 is 0 Å². The van der Waals surface area contributed by atoms with E-state index >= 15 is 0 Å². The lowest BCUT2D eigenvalue weighted by Crippen LogP contribution is -2.23. The molecule has 0 bridgehead atoms. The second-order valence-electron chi connectivity index (χ2n) is 6.05. The Morgan fingerprint density at radius 1 is 1.18 bits per heavy atom. The van der Waals surface area contributed by atoms with Crippen molar-refractivity contribution in [1.82, 2.24) is 4.31 Å². The van der Waals surface area contributed by atoms with E-state index < -0.39 is 27.0 Å². The van der Waals surface area contributed by atoms with Crippen molar-refractivity contribution in [2.75, 3.05) is 21.2 Å². The maximum Gasteiger partial charge on any atom is 0.338 e. The number of carbonyl (C=O) groups is 1. The summed E-state index contributed by atoms with van der Waals surface area (Å²) in [6.07, 6.45) is -0.775. The van der Waals surface area contributed by atoms with Crippen molar-refractivity contribution in [3.63, 3.8) is 0 Å². The first kappa shape index (κ1) is 21.3. The molecule has 10 heteroatoms. The number of methoxy groups -OCH3 is 1. The number of hydrogen-bond donors (Lipinski definition) is 0. The molecule has 0 amide bonds. The number of nitro benzene ring substituents is 1. The van der Waals surface area contributed by atoms with Gasteiger partial charge >= 0.3 is 5.97 Å². The molecule has 150 valence electrons.